The van der Waals surface area contributed by atoms with Crippen LogP contribution in [0.15, 0.2) is 78.6 Å². The number of rotatable bonds is 5. The van der Waals surface area contributed by atoms with Gasteiger partial charge in [0, 0.05) is 17.1 Å². The minimum atomic E-state index is -0.385. The Morgan fingerprint density at radius 2 is 1.87 bits per heavy atom. The summed E-state index contributed by atoms with van der Waals surface area (Å²) in [7, 11) is 0. The number of hydrogen-bond acceptors (Lipinski definition) is 3. The molecule has 30 heavy (non-hydrogen) atoms. The van der Waals surface area contributed by atoms with Gasteiger partial charge in [0.05, 0.1) is 5.69 Å². The summed E-state index contributed by atoms with van der Waals surface area (Å²) in [6.45, 7) is 0.523. The summed E-state index contributed by atoms with van der Waals surface area (Å²) < 4.78 is 5.74. The number of fused-ring (bicyclic) bond motifs is 1. The van der Waals surface area contributed by atoms with Crippen molar-refractivity contribution in [2.24, 2.45) is 0 Å². The van der Waals surface area contributed by atoms with E-state index in [-0.39, 0.29) is 17.6 Å². The molecule has 0 saturated heterocycles. The third kappa shape index (κ3) is 4.70. The van der Waals surface area contributed by atoms with E-state index in [1.54, 1.807) is 42.5 Å². The highest BCUT2D eigenvalue weighted by atomic mass is 35.5. The molecule has 2 N–H and O–H groups in total. The number of ether oxygens (including phenoxy) is 1. The summed E-state index contributed by atoms with van der Waals surface area (Å²) >= 11 is 5.99. The quantitative estimate of drug-likeness (QED) is 0.591. The largest absolute Gasteiger partial charge is 0.449 e. The molecule has 1 aliphatic heterocycles. The van der Waals surface area contributed by atoms with Crippen LogP contribution in [0.2, 0.25) is 5.02 Å². The van der Waals surface area contributed by atoms with Crippen molar-refractivity contribution in [2.45, 2.75) is 6.42 Å². The number of anilines is 1. The topological polar surface area (TPSA) is 67.4 Å². The Balaban J connectivity index is 1.43. The van der Waals surface area contributed by atoms with E-state index in [4.69, 9.17) is 16.3 Å². The van der Waals surface area contributed by atoms with E-state index in [0.29, 0.717) is 28.6 Å². The predicted molar refractivity (Wildman–Crippen MR) is 118 cm³/mol. The highest BCUT2D eigenvalue weighted by molar-refractivity contribution is 6.30. The molecule has 1 aliphatic rings. The van der Waals surface area contributed by atoms with Gasteiger partial charge < -0.3 is 15.4 Å². The van der Waals surface area contributed by atoms with Crippen molar-refractivity contribution in [3.63, 3.8) is 0 Å². The Morgan fingerprint density at radius 1 is 1.03 bits per heavy atom. The second-order valence-corrected chi connectivity index (χ2v) is 7.26. The van der Waals surface area contributed by atoms with E-state index >= 15 is 0 Å². The van der Waals surface area contributed by atoms with Gasteiger partial charge in [-0.2, -0.15) is 0 Å². The van der Waals surface area contributed by atoms with Crippen molar-refractivity contribution in [3.05, 3.63) is 100 Å². The Labute approximate surface area is 179 Å². The molecule has 0 unspecified atom stereocenters. The lowest BCUT2D eigenvalue weighted by molar-refractivity contribution is -0.115. The fraction of sp³-hybridized carbons (Fsp3) is 0.0833. The van der Waals surface area contributed by atoms with Crippen molar-refractivity contribution in [1.82, 2.24) is 5.32 Å². The average molecular weight is 419 g/mol. The fourth-order valence-electron chi connectivity index (χ4n) is 3.12. The van der Waals surface area contributed by atoms with Crippen LogP contribution in [0, 0.1) is 0 Å². The zero-order valence-corrected chi connectivity index (χ0v) is 16.8. The maximum absolute atomic E-state index is 12.5. The minimum absolute atomic E-state index is 0.157. The lowest BCUT2D eigenvalue weighted by Gasteiger charge is -2.20. The molecule has 0 radical (unpaired) electrons. The second-order valence-electron chi connectivity index (χ2n) is 6.82. The van der Waals surface area contributed by atoms with Crippen LogP contribution >= 0.6 is 11.6 Å². The van der Waals surface area contributed by atoms with E-state index in [1.807, 2.05) is 36.4 Å². The van der Waals surface area contributed by atoms with Crippen molar-refractivity contribution in [3.8, 4) is 5.75 Å². The molecule has 0 aliphatic carbocycles. The van der Waals surface area contributed by atoms with E-state index in [1.165, 1.54) is 0 Å². The first-order chi connectivity index (χ1) is 14.6. The molecule has 0 spiro atoms. The smallest absolute Gasteiger partial charge is 0.291 e. The van der Waals surface area contributed by atoms with Gasteiger partial charge in [-0.25, -0.2) is 0 Å². The van der Waals surface area contributed by atoms with Crippen LogP contribution in [0.1, 0.15) is 21.5 Å². The van der Waals surface area contributed by atoms with Gasteiger partial charge in [0.1, 0.15) is 0 Å². The number of hydrogen-bond donors (Lipinski definition) is 2. The first-order valence-corrected chi connectivity index (χ1v) is 9.89. The normalized spacial score (nSPS) is 13.9. The number of benzene rings is 3. The summed E-state index contributed by atoms with van der Waals surface area (Å²) in [4.78, 5) is 24.9. The molecule has 5 nitrogen and oxygen atoms in total. The third-order valence-electron chi connectivity index (χ3n) is 4.62. The molecule has 0 aromatic heterocycles. The van der Waals surface area contributed by atoms with Gasteiger partial charge in [-0.1, -0.05) is 54.1 Å². The molecule has 150 valence electrons. The van der Waals surface area contributed by atoms with Crippen molar-refractivity contribution in [2.75, 3.05) is 11.9 Å². The Kier molecular flexibility index (Phi) is 5.82. The van der Waals surface area contributed by atoms with Crippen LogP contribution in [-0.2, 0) is 11.2 Å². The molecule has 4 rings (SSSR count). The monoisotopic (exact) mass is 418 g/mol. The van der Waals surface area contributed by atoms with E-state index < -0.39 is 0 Å². The summed E-state index contributed by atoms with van der Waals surface area (Å²) in [5, 5.41) is 6.25. The molecule has 0 atom stereocenters. The molecule has 0 fully saturated rings. The summed E-state index contributed by atoms with van der Waals surface area (Å²) in [5.74, 6) is 0.0425. The average Bonchev–Trinajstić information content (AvgIpc) is 2.75. The van der Waals surface area contributed by atoms with Crippen LogP contribution < -0.4 is 15.4 Å². The van der Waals surface area contributed by atoms with Crippen LogP contribution in [0.3, 0.4) is 0 Å². The highest BCUT2D eigenvalue weighted by Gasteiger charge is 2.23. The number of carbonyl (C=O) groups excluding carboxylic acids is 2. The predicted octanol–water partition coefficient (Wildman–Crippen LogP) is 4.68. The molecule has 3 aromatic rings. The molecule has 3 aromatic carbocycles. The number of carbonyl (C=O) groups is 2. The van der Waals surface area contributed by atoms with Gasteiger partial charge >= 0.3 is 0 Å². The van der Waals surface area contributed by atoms with Gasteiger partial charge in [-0.15, -0.1) is 0 Å². The third-order valence-corrected chi connectivity index (χ3v) is 4.86. The summed E-state index contributed by atoms with van der Waals surface area (Å²) in [6.07, 6.45) is 2.36. The van der Waals surface area contributed by atoms with Crippen LogP contribution in [0.25, 0.3) is 6.08 Å². The Hall–Kier alpha value is -3.57. The van der Waals surface area contributed by atoms with E-state index in [2.05, 4.69) is 10.6 Å². The minimum Gasteiger partial charge on any atom is -0.449 e. The molecule has 2 amide bonds. The van der Waals surface area contributed by atoms with Gasteiger partial charge in [-0.3, -0.25) is 9.59 Å². The summed E-state index contributed by atoms with van der Waals surface area (Å²) in [6, 6.07) is 22.0. The number of halogens is 1. The van der Waals surface area contributed by atoms with Crippen LogP contribution in [-0.4, -0.2) is 18.4 Å². The molecule has 6 heteroatoms. The molecule has 0 saturated carbocycles. The maximum atomic E-state index is 12.5. The lowest BCUT2D eigenvalue weighted by Crippen LogP contribution is -2.27. The van der Waals surface area contributed by atoms with Gasteiger partial charge in [0.2, 0.25) is 0 Å². The first kappa shape index (κ1) is 19.7. The molecule has 1 heterocycles. The van der Waals surface area contributed by atoms with E-state index in [0.717, 1.165) is 17.5 Å². The molecule has 0 bridgehead atoms. The molecular formula is C24H19ClN2O3. The van der Waals surface area contributed by atoms with Crippen molar-refractivity contribution < 1.29 is 14.3 Å². The highest BCUT2D eigenvalue weighted by Crippen LogP contribution is 2.32. The number of nitrogens with one attached hydrogen (secondary N) is 2. The maximum Gasteiger partial charge on any atom is 0.291 e. The zero-order valence-electron chi connectivity index (χ0n) is 16.0. The number of amides is 2. The first-order valence-electron chi connectivity index (χ1n) is 9.51. The van der Waals surface area contributed by atoms with Crippen molar-refractivity contribution >= 4 is 35.2 Å². The molecular weight excluding hydrogens is 400 g/mol. The fourth-order valence-corrected chi connectivity index (χ4v) is 3.32. The van der Waals surface area contributed by atoms with Gasteiger partial charge in [0.15, 0.2) is 11.5 Å². The Bertz CT molecular complexity index is 1130. The van der Waals surface area contributed by atoms with Gasteiger partial charge in [0.25, 0.3) is 11.8 Å². The van der Waals surface area contributed by atoms with Crippen LogP contribution in [0.5, 0.6) is 5.75 Å². The van der Waals surface area contributed by atoms with Gasteiger partial charge in [-0.05, 0) is 54.0 Å². The standard InChI is InChI=1S/C24H19ClN2O3/c25-19-8-4-7-17(13-19)14-22-24(29)27-20-15-18(9-10-21(20)30-22)23(28)26-12-11-16-5-2-1-3-6-16/h1-10,13-15H,11-12H2,(H,26,28)(H,27,29). The summed E-state index contributed by atoms with van der Waals surface area (Å²) in [5.41, 5.74) is 2.82. The van der Waals surface area contributed by atoms with Crippen molar-refractivity contribution in [1.29, 1.82) is 0 Å². The second kappa shape index (κ2) is 8.84. The van der Waals surface area contributed by atoms with E-state index in [9.17, 15) is 9.59 Å². The SMILES string of the molecule is O=C1Nc2cc(C(=O)NCCc3ccccc3)ccc2OC1=Cc1cccc(Cl)c1. The Morgan fingerprint density at radius 3 is 2.67 bits per heavy atom. The lowest BCUT2D eigenvalue weighted by atomic mass is 10.1. The zero-order chi connectivity index (χ0) is 20.9. The van der Waals surface area contributed by atoms with Crippen LogP contribution in [0.4, 0.5) is 5.69 Å².